The van der Waals surface area contributed by atoms with Crippen LogP contribution in [0.15, 0.2) is 48.5 Å². The van der Waals surface area contributed by atoms with Gasteiger partial charge in [-0.25, -0.2) is 4.39 Å². The van der Waals surface area contributed by atoms with E-state index >= 15 is 0 Å². The largest absolute Gasteiger partial charge is 0.369 e. The minimum Gasteiger partial charge on any atom is -0.369 e. The maximum atomic E-state index is 13.3. The monoisotopic (exact) mass is 341 g/mol. The Labute approximate surface area is 148 Å². The van der Waals surface area contributed by atoms with E-state index in [9.17, 15) is 9.18 Å². The zero-order chi connectivity index (χ0) is 17.6. The topological polar surface area (TPSA) is 35.6 Å². The quantitative estimate of drug-likeness (QED) is 0.908. The molecule has 2 aromatic carbocycles. The predicted octanol–water partition coefficient (Wildman–Crippen LogP) is 2.57. The van der Waals surface area contributed by atoms with Crippen molar-refractivity contribution in [3.05, 3.63) is 65.5 Å². The SMILES string of the molecule is Cc1cc(CNC(=O)CN2CCN(c3ccccc3)CC2)ccc1F. The van der Waals surface area contributed by atoms with E-state index in [1.807, 2.05) is 18.2 Å². The Kier molecular flexibility index (Phi) is 5.66. The van der Waals surface area contributed by atoms with Crippen LogP contribution in [0.5, 0.6) is 0 Å². The molecular weight excluding hydrogens is 317 g/mol. The molecular formula is C20H24FN3O. The molecule has 0 saturated carbocycles. The minimum atomic E-state index is -0.216. The van der Waals surface area contributed by atoms with Gasteiger partial charge in [-0.3, -0.25) is 9.69 Å². The second kappa shape index (κ2) is 8.12. The Bertz CT molecular complexity index is 712. The number of nitrogens with one attached hydrogen (secondary N) is 1. The van der Waals surface area contributed by atoms with E-state index in [0.717, 1.165) is 31.7 Å². The number of anilines is 1. The highest BCUT2D eigenvalue weighted by Gasteiger charge is 2.18. The predicted molar refractivity (Wildman–Crippen MR) is 98.1 cm³/mol. The number of nitrogens with zero attached hydrogens (tertiary/aromatic N) is 2. The molecule has 1 fully saturated rings. The summed E-state index contributed by atoms with van der Waals surface area (Å²) in [4.78, 5) is 16.7. The summed E-state index contributed by atoms with van der Waals surface area (Å²) < 4.78 is 13.3. The molecule has 1 saturated heterocycles. The maximum absolute atomic E-state index is 13.3. The van der Waals surface area contributed by atoms with Crippen molar-refractivity contribution in [3.63, 3.8) is 0 Å². The fraction of sp³-hybridized carbons (Fsp3) is 0.350. The minimum absolute atomic E-state index is 0.00939. The number of halogens is 1. The number of carbonyl (C=O) groups is 1. The summed E-state index contributed by atoms with van der Waals surface area (Å²) in [5.41, 5.74) is 2.75. The highest BCUT2D eigenvalue weighted by molar-refractivity contribution is 5.78. The smallest absolute Gasteiger partial charge is 0.234 e. The van der Waals surface area contributed by atoms with Crippen molar-refractivity contribution in [3.8, 4) is 0 Å². The van der Waals surface area contributed by atoms with E-state index in [2.05, 4.69) is 27.2 Å². The Hall–Kier alpha value is -2.40. The molecule has 5 heteroatoms. The molecule has 1 amide bonds. The van der Waals surface area contributed by atoms with Gasteiger partial charge in [-0.1, -0.05) is 30.3 Å². The van der Waals surface area contributed by atoms with Crippen molar-refractivity contribution >= 4 is 11.6 Å². The summed E-state index contributed by atoms with van der Waals surface area (Å²) in [7, 11) is 0. The molecule has 0 bridgehead atoms. The Balaban J connectivity index is 1.42. The van der Waals surface area contributed by atoms with E-state index in [-0.39, 0.29) is 11.7 Å². The van der Waals surface area contributed by atoms with Crippen LogP contribution < -0.4 is 10.2 Å². The number of benzene rings is 2. The summed E-state index contributed by atoms with van der Waals surface area (Å²) in [5.74, 6) is -0.207. The van der Waals surface area contributed by atoms with Crippen LogP contribution in [0.4, 0.5) is 10.1 Å². The molecule has 25 heavy (non-hydrogen) atoms. The molecule has 4 nitrogen and oxygen atoms in total. The zero-order valence-electron chi connectivity index (χ0n) is 14.5. The molecule has 0 aliphatic carbocycles. The summed E-state index contributed by atoms with van der Waals surface area (Å²) in [6.45, 7) is 6.17. The number of hydrogen-bond donors (Lipinski definition) is 1. The van der Waals surface area contributed by atoms with Crippen molar-refractivity contribution in [2.45, 2.75) is 13.5 Å². The number of rotatable bonds is 5. The lowest BCUT2D eigenvalue weighted by Gasteiger charge is -2.35. The fourth-order valence-electron chi connectivity index (χ4n) is 3.08. The van der Waals surface area contributed by atoms with Crippen molar-refractivity contribution in [1.29, 1.82) is 0 Å². The van der Waals surface area contributed by atoms with Crippen LogP contribution in [0.1, 0.15) is 11.1 Å². The molecule has 1 aliphatic rings. The molecule has 3 rings (SSSR count). The number of aryl methyl sites for hydroxylation is 1. The average molecular weight is 341 g/mol. The zero-order valence-corrected chi connectivity index (χ0v) is 14.5. The molecule has 1 heterocycles. The number of piperazine rings is 1. The first-order chi connectivity index (χ1) is 12.1. The van der Waals surface area contributed by atoms with E-state index < -0.39 is 0 Å². The van der Waals surface area contributed by atoms with Crippen molar-refractivity contribution < 1.29 is 9.18 Å². The van der Waals surface area contributed by atoms with Crippen LogP contribution >= 0.6 is 0 Å². The highest BCUT2D eigenvalue weighted by atomic mass is 19.1. The summed E-state index contributed by atoms with van der Waals surface area (Å²) in [5, 5.41) is 2.92. The van der Waals surface area contributed by atoms with Crippen molar-refractivity contribution in [1.82, 2.24) is 10.2 Å². The molecule has 0 unspecified atom stereocenters. The van der Waals surface area contributed by atoms with Crippen molar-refractivity contribution in [2.75, 3.05) is 37.6 Å². The lowest BCUT2D eigenvalue weighted by molar-refractivity contribution is -0.122. The van der Waals surface area contributed by atoms with Gasteiger partial charge in [0.25, 0.3) is 0 Å². The van der Waals surface area contributed by atoms with Gasteiger partial charge in [-0.2, -0.15) is 0 Å². The first-order valence-electron chi connectivity index (χ1n) is 8.66. The molecule has 1 aliphatic heterocycles. The first-order valence-corrected chi connectivity index (χ1v) is 8.66. The van der Waals surface area contributed by atoms with Gasteiger partial charge >= 0.3 is 0 Å². The van der Waals surface area contributed by atoms with Crippen LogP contribution in [0.25, 0.3) is 0 Å². The molecule has 0 radical (unpaired) electrons. The van der Waals surface area contributed by atoms with E-state index in [1.165, 1.54) is 11.8 Å². The van der Waals surface area contributed by atoms with Crippen LogP contribution in [0.2, 0.25) is 0 Å². The van der Waals surface area contributed by atoms with Crippen LogP contribution in [0, 0.1) is 12.7 Å². The number of amides is 1. The van der Waals surface area contributed by atoms with Gasteiger partial charge in [0.2, 0.25) is 5.91 Å². The third kappa shape index (κ3) is 4.79. The van der Waals surface area contributed by atoms with Gasteiger partial charge in [0.05, 0.1) is 6.54 Å². The molecule has 0 atom stereocenters. The third-order valence-electron chi connectivity index (χ3n) is 4.57. The second-order valence-electron chi connectivity index (χ2n) is 6.46. The molecule has 2 aromatic rings. The first kappa shape index (κ1) is 17.4. The van der Waals surface area contributed by atoms with Gasteiger partial charge in [-0.05, 0) is 36.2 Å². The molecule has 1 N–H and O–H groups in total. The van der Waals surface area contributed by atoms with Crippen LogP contribution in [-0.2, 0) is 11.3 Å². The fourth-order valence-corrected chi connectivity index (χ4v) is 3.08. The standard InChI is InChI=1S/C20H24FN3O/c1-16-13-17(7-8-19(16)21)14-22-20(25)15-23-9-11-24(12-10-23)18-5-3-2-4-6-18/h2-8,13H,9-12,14-15H2,1H3,(H,22,25). The Morgan fingerprint density at radius 2 is 1.80 bits per heavy atom. The molecule has 132 valence electrons. The molecule has 0 aromatic heterocycles. The van der Waals surface area contributed by atoms with Gasteiger partial charge < -0.3 is 10.2 Å². The number of hydrogen-bond acceptors (Lipinski definition) is 3. The van der Waals surface area contributed by atoms with Crippen LogP contribution in [0.3, 0.4) is 0 Å². The summed E-state index contributed by atoms with van der Waals surface area (Å²) in [6, 6.07) is 15.3. The van der Waals surface area contributed by atoms with Crippen LogP contribution in [-0.4, -0.2) is 43.5 Å². The van der Waals surface area contributed by atoms with E-state index in [1.54, 1.807) is 19.1 Å². The van der Waals surface area contributed by atoms with Gasteiger partial charge in [0.1, 0.15) is 5.82 Å². The maximum Gasteiger partial charge on any atom is 0.234 e. The van der Waals surface area contributed by atoms with Crippen molar-refractivity contribution in [2.24, 2.45) is 0 Å². The highest BCUT2D eigenvalue weighted by Crippen LogP contribution is 2.15. The van der Waals surface area contributed by atoms with Gasteiger partial charge in [0, 0.05) is 38.4 Å². The van der Waals surface area contributed by atoms with Gasteiger partial charge in [-0.15, -0.1) is 0 Å². The summed E-state index contributed by atoms with van der Waals surface area (Å²) in [6.07, 6.45) is 0. The lowest BCUT2D eigenvalue weighted by Crippen LogP contribution is -2.49. The average Bonchev–Trinajstić information content (AvgIpc) is 2.64. The summed E-state index contributed by atoms with van der Waals surface area (Å²) >= 11 is 0. The third-order valence-corrected chi connectivity index (χ3v) is 4.57. The second-order valence-corrected chi connectivity index (χ2v) is 6.46. The Morgan fingerprint density at radius 3 is 2.48 bits per heavy atom. The Morgan fingerprint density at radius 1 is 1.08 bits per heavy atom. The number of carbonyl (C=O) groups excluding carboxylic acids is 1. The lowest BCUT2D eigenvalue weighted by atomic mass is 10.1. The normalized spacial score (nSPS) is 15.2. The van der Waals surface area contributed by atoms with E-state index in [4.69, 9.17) is 0 Å². The molecule has 0 spiro atoms. The van der Waals surface area contributed by atoms with E-state index in [0.29, 0.717) is 18.7 Å². The van der Waals surface area contributed by atoms with Gasteiger partial charge in [0.15, 0.2) is 0 Å². The number of para-hydroxylation sites is 1.